The van der Waals surface area contributed by atoms with Crippen LogP contribution in [0.2, 0.25) is 0 Å². The SMILES string of the molecule is CC(=O)CC1(c2ccc(C)cc2)CCC(=O)O1. The van der Waals surface area contributed by atoms with E-state index in [9.17, 15) is 9.59 Å². The van der Waals surface area contributed by atoms with Crippen LogP contribution in [-0.4, -0.2) is 11.8 Å². The van der Waals surface area contributed by atoms with E-state index in [1.54, 1.807) is 0 Å². The molecule has 1 heterocycles. The van der Waals surface area contributed by atoms with Crippen molar-refractivity contribution in [2.24, 2.45) is 0 Å². The first-order valence-corrected chi connectivity index (χ1v) is 5.80. The van der Waals surface area contributed by atoms with Crippen molar-refractivity contribution in [3.05, 3.63) is 35.4 Å². The highest BCUT2D eigenvalue weighted by Crippen LogP contribution is 2.40. The molecule has 0 bridgehead atoms. The third kappa shape index (κ3) is 2.38. The van der Waals surface area contributed by atoms with Crippen LogP contribution < -0.4 is 0 Å². The summed E-state index contributed by atoms with van der Waals surface area (Å²) in [5, 5.41) is 0. The Balaban J connectivity index is 2.36. The van der Waals surface area contributed by atoms with Gasteiger partial charge >= 0.3 is 5.97 Å². The molecule has 1 aromatic carbocycles. The lowest BCUT2D eigenvalue weighted by Crippen LogP contribution is -2.28. The van der Waals surface area contributed by atoms with Crippen molar-refractivity contribution in [3.63, 3.8) is 0 Å². The van der Waals surface area contributed by atoms with Gasteiger partial charge in [0.2, 0.25) is 0 Å². The Morgan fingerprint density at radius 1 is 1.35 bits per heavy atom. The summed E-state index contributed by atoms with van der Waals surface area (Å²) < 4.78 is 5.43. The van der Waals surface area contributed by atoms with Crippen molar-refractivity contribution in [2.75, 3.05) is 0 Å². The van der Waals surface area contributed by atoms with Gasteiger partial charge in [0.15, 0.2) is 0 Å². The number of cyclic esters (lactones) is 1. The molecule has 1 atom stereocenters. The number of ketones is 1. The molecule has 1 unspecified atom stereocenters. The maximum atomic E-state index is 11.4. The van der Waals surface area contributed by atoms with Gasteiger partial charge in [-0.2, -0.15) is 0 Å². The topological polar surface area (TPSA) is 43.4 Å². The molecule has 0 spiro atoms. The van der Waals surface area contributed by atoms with E-state index >= 15 is 0 Å². The average Bonchev–Trinajstić information content (AvgIpc) is 2.61. The van der Waals surface area contributed by atoms with Crippen LogP contribution in [0.15, 0.2) is 24.3 Å². The van der Waals surface area contributed by atoms with E-state index in [1.807, 2.05) is 31.2 Å². The fourth-order valence-electron chi connectivity index (χ4n) is 2.31. The predicted octanol–water partition coefficient (Wildman–Crippen LogP) is 2.51. The molecule has 3 nitrogen and oxygen atoms in total. The van der Waals surface area contributed by atoms with Gasteiger partial charge in [-0.1, -0.05) is 29.8 Å². The van der Waals surface area contributed by atoms with Gasteiger partial charge in [0.1, 0.15) is 11.4 Å². The summed E-state index contributed by atoms with van der Waals surface area (Å²) in [6.07, 6.45) is 1.25. The van der Waals surface area contributed by atoms with Gasteiger partial charge in [-0.25, -0.2) is 0 Å². The van der Waals surface area contributed by atoms with Crippen LogP contribution in [0, 0.1) is 6.92 Å². The first-order valence-electron chi connectivity index (χ1n) is 5.80. The van der Waals surface area contributed by atoms with Crippen molar-refractivity contribution >= 4 is 11.8 Å². The lowest BCUT2D eigenvalue weighted by molar-refractivity contribution is -0.151. The Kier molecular flexibility index (Phi) is 3.01. The number of esters is 1. The maximum Gasteiger partial charge on any atom is 0.306 e. The Hall–Kier alpha value is -1.64. The molecule has 0 aromatic heterocycles. The lowest BCUT2D eigenvalue weighted by atomic mass is 9.86. The highest BCUT2D eigenvalue weighted by Gasteiger charge is 2.42. The van der Waals surface area contributed by atoms with Crippen molar-refractivity contribution in [1.29, 1.82) is 0 Å². The molecule has 1 aliphatic heterocycles. The second-order valence-corrected chi connectivity index (χ2v) is 4.71. The number of carbonyl (C=O) groups is 2. The third-order valence-corrected chi connectivity index (χ3v) is 3.15. The number of carbonyl (C=O) groups excluding carboxylic acids is 2. The van der Waals surface area contributed by atoms with E-state index in [4.69, 9.17) is 4.74 Å². The third-order valence-electron chi connectivity index (χ3n) is 3.15. The van der Waals surface area contributed by atoms with E-state index in [2.05, 4.69) is 0 Å². The molecule has 1 fully saturated rings. The average molecular weight is 232 g/mol. The largest absolute Gasteiger partial charge is 0.454 e. The normalized spacial score (nSPS) is 23.5. The molecular formula is C14H16O3. The molecule has 90 valence electrons. The van der Waals surface area contributed by atoms with Crippen molar-refractivity contribution in [1.82, 2.24) is 0 Å². The van der Waals surface area contributed by atoms with Crippen LogP contribution in [0.5, 0.6) is 0 Å². The fourth-order valence-corrected chi connectivity index (χ4v) is 2.31. The van der Waals surface area contributed by atoms with Gasteiger partial charge < -0.3 is 4.74 Å². The minimum atomic E-state index is -0.726. The standard InChI is InChI=1S/C14H16O3/c1-10-3-5-12(6-4-10)14(9-11(2)15)8-7-13(16)17-14/h3-6H,7-9H2,1-2H3. The number of rotatable bonds is 3. The summed E-state index contributed by atoms with van der Waals surface area (Å²) >= 11 is 0. The zero-order valence-electron chi connectivity index (χ0n) is 10.2. The quantitative estimate of drug-likeness (QED) is 0.752. The smallest absolute Gasteiger partial charge is 0.306 e. The molecule has 0 radical (unpaired) electrons. The molecule has 1 aliphatic rings. The first-order chi connectivity index (χ1) is 8.02. The maximum absolute atomic E-state index is 11.4. The predicted molar refractivity (Wildman–Crippen MR) is 63.5 cm³/mol. The van der Waals surface area contributed by atoms with E-state index < -0.39 is 5.60 Å². The highest BCUT2D eigenvalue weighted by molar-refractivity contribution is 5.79. The molecule has 0 amide bonds. The van der Waals surface area contributed by atoms with Crippen molar-refractivity contribution < 1.29 is 14.3 Å². The lowest BCUT2D eigenvalue weighted by Gasteiger charge is -2.27. The van der Waals surface area contributed by atoms with Crippen molar-refractivity contribution in [2.45, 2.75) is 38.7 Å². The minimum Gasteiger partial charge on any atom is -0.454 e. The van der Waals surface area contributed by atoms with Gasteiger partial charge in [-0.05, 0) is 19.4 Å². The zero-order chi connectivity index (χ0) is 12.5. The molecule has 0 saturated carbocycles. The summed E-state index contributed by atoms with van der Waals surface area (Å²) in [5.74, 6) is -0.174. The Bertz CT molecular complexity index is 447. The Morgan fingerprint density at radius 3 is 2.47 bits per heavy atom. The van der Waals surface area contributed by atoms with E-state index in [0.717, 1.165) is 11.1 Å². The van der Waals surface area contributed by atoms with Crippen molar-refractivity contribution in [3.8, 4) is 0 Å². The van der Waals surface area contributed by atoms with Crippen LogP contribution in [0.1, 0.15) is 37.3 Å². The fraction of sp³-hybridized carbons (Fsp3) is 0.429. The van der Waals surface area contributed by atoms with Crippen LogP contribution in [0.4, 0.5) is 0 Å². The highest BCUT2D eigenvalue weighted by atomic mass is 16.6. The number of aryl methyl sites for hydroxylation is 1. The number of ether oxygens (including phenoxy) is 1. The molecule has 1 saturated heterocycles. The molecule has 2 rings (SSSR count). The monoisotopic (exact) mass is 232 g/mol. The Morgan fingerprint density at radius 2 is 2.00 bits per heavy atom. The van der Waals surface area contributed by atoms with Gasteiger partial charge in [-0.15, -0.1) is 0 Å². The summed E-state index contributed by atoms with van der Waals surface area (Å²) in [7, 11) is 0. The van der Waals surface area contributed by atoms with Gasteiger partial charge in [-0.3, -0.25) is 9.59 Å². The second-order valence-electron chi connectivity index (χ2n) is 4.71. The molecule has 1 aromatic rings. The molecule has 0 aliphatic carbocycles. The zero-order valence-corrected chi connectivity index (χ0v) is 10.2. The van der Waals surface area contributed by atoms with Gasteiger partial charge in [0, 0.05) is 12.8 Å². The van der Waals surface area contributed by atoms with Gasteiger partial charge in [0.25, 0.3) is 0 Å². The van der Waals surface area contributed by atoms with E-state index in [0.29, 0.717) is 12.8 Å². The molecule has 3 heteroatoms. The second kappa shape index (κ2) is 4.32. The summed E-state index contributed by atoms with van der Waals surface area (Å²) in [6, 6.07) is 7.83. The number of hydrogen-bond donors (Lipinski definition) is 0. The van der Waals surface area contributed by atoms with E-state index in [-0.39, 0.29) is 18.2 Å². The van der Waals surface area contributed by atoms with E-state index in [1.165, 1.54) is 6.92 Å². The first kappa shape index (κ1) is 11.8. The summed E-state index contributed by atoms with van der Waals surface area (Å²) in [6.45, 7) is 3.53. The van der Waals surface area contributed by atoms with Crippen LogP contribution in [0.25, 0.3) is 0 Å². The summed E-state index contributed by atoms with van der Waals surface area (Å²) in [5.41, 5.74) is 1.34. The molecular weight excluding hydrogens is 216 g/mol. The van der Waals surface area contributed by atoms with Crippen LogP contribution in [-0.2, 0) is 19.9 Å². The Labute approximate surface area is 101 Å². The molecule has 0 N–H and O–H groups in total. The summed E-state index contributed by atoms with van der Waals surface area (Å²) in [4.78, 5) is 22.7. The van der Waals surface area contributed by atoms with Crippen LogP contribution in [0.3, 0.4) is 0 Å². The number of benzene rings is 1. The van der Waals surface area contributed by atoms with Gasteiger partial charge in [0.05, 0.1) is 6.42 Å². The van der Waals surface area contributed by atoms with Crippen LogP contribution >= 0.6 is 0 Å². The number of hydrogen-bond acceptors (Lipinski definition) is 3. The molecule has 17 heavy (non-hydrogen) atoms. The minimum absolute atomic E-state index is 0.0419. The number of Topliss-reactive ketones (excluding diaryl/α,β-unsaturated/α-hetero) is 1.